The van der Waals surface area contributed by atoms with E-state index in [0.29, 0.717) is 16.8 Å². The number of halogens is 3. The van der Waals surface area contributed by atoms with Gasteiger partial charge in [0.05, 0.1) is 28.8 Å². The summed E-state index contributed by atoms with van der Waals surface area (Å²) in [5, 5.41) is 25.2. The molecule has 1 atom stereocenters. The summed E-state index contributed by atoms with van der Waals surface area (Å²) in [6.45, 7) is 1.58. The Morgan fingerprint density at radius 1 is 1.10 bits per heavy atom. The minimum atomic E-state index is -4.56. The molecule has 2 aromatic carbocycles. The molecule has 1 aromatic heterocycles. The van der Waals surface area contributed by atoms with E-state index >= 15 is 0 Å². The number of allylic oxidation sites excluding steroid dienone is 2. The second-order valence-corrected chi connectivity index (χ2v) is 6.83. The summed E-state index contributed by atoms with van der Waals surface area (Å²) in [5.74, 6) is 0.0511. The molecular weight excluding hydrogens is 409 g/mol. The molecule has 0 fully saturated rings. The summed E-state index contributed by atoms with van der Waals surface area (Å²) < 4.78 is 40.9. The lowest BCUT2D eigenvalue weighted by Crippen LogP contribution is -2.34. The van der Waals surface area contributed by atoms with Crippen LogP contribution in [0.5, 0.6) is 0 Å². The summed E-state index contributed by atoms with van der Waals surface area (Å²) in [6.07, 6.45) is -4.56. The first-order valence-electron chi connectivity index (χ1n) is 9.01. The molecule has 0 spiro atoms. The first kappa shape index (κ1) is 20.0. The van der Waals surface area contributed by atoms with Crippen molar-refractivity contribution in [3.05, 3.63) is 87.0 Å². The van der Waals surface area contributed by atoms with Crippen LogP contribution in [0.15, 0.2) is 64.6 Å². The van der Waals surface area contributed by atoms with Gasteiger partial charge in [0.15, 0.2) is 0 Å². The molecule has 3 aromatic rings. The lowest BCUT2D eigenvalue weighted by Gasteiger charge is -2.34. The standard InChI is InChI=1S/C21H13F3N6O/c1-12-17(11-26)18(14-7-5-13(10-25)6-8-14)30-19(27-28-20(30)31)29(12)16-4-2-3-15(9-16)21(22,23)24/h2-9,18H,1H3,(H,28,31)/t18-/m1/s1. The molecular formula is C21H13F3N6O. The van der Waals surface area contributed by atoms with Crippen molar-refractivity contribution in [2.45, 2.75) is 19.1 Å². The third kappa shape index (κ3) is 3.24. The van der Waals surface area contributed by atoms with Crippen LogP contribution in [-0.2, 0) is 6.18 Å². The normalized spacial score (nSPS) is 15.9. The van der Waals surface area contributed by atoms with Crippen LogP contribution in [0.1, 0.15) is 29.7 Å². The quantitative estimate of drug-likeness (QED) is 0.673. The third-order valence-electron chi connectivity index (χ3n) is 5.05. The number of hydrogen-bond acceptors (Lipinski definition) is 5. The van der Waals surface area contributed by atoms with E-state index in [4.69, 9.17) is 5.26 Å². The van der Waals surface area contributed by atoms with Crippen molar-refractivity contribution >= 4 is 11.6 Å². The largest absolute Gasteiger partial charge is 0.416 e. The van der Waals surface area contributed by atoms with Crippen LogP contribution in [0.4, 0.5) is 24.8 Å². The van der Waals surface area contributed by atoms with Crippen LogP contribution in [0.3, 0.4) is 0 Å². The number of nitrogens with zero attached hydrogens (tertiary/aromatic N) is 5. The number of anilines is 2. The number of hydrogen-bond donors (Lipinski definition) is 1. The smallest absolute Gasteiger partial charge is 0.282 e. The number of nitrogens with one attached hydrogen (secondary N) is 1. The van der Waals surface area contributed by atoms with Gasteiger partial charge in [-0.3, -0.25) is 4.90 Å². The molecule has 10 heteroatoms. The van der Waals surface area contributed by atoms with Crippen LogP contribution < -0.4 is 10.6 Å². The fraction of sp³-hybridized carbons (Fsp3) is 0.143. The Labute approximate surface area is 173 Å². The molecule has 31 heavy (non-hydrogen) atoms. The molecule has 0 bridgehead atoms. The predicted octanol–water partition coefficient (Wildman–Crippen LogP) is 4.00. The molecule has 4 rings (SSSR count). The maximum absolute atomic E-state index is 13.2. The minimum Gasteiger partial charge on any atom is -0.282 e. The average molecular weight is 422 g/mol. The van der Waals surface area contributed by atoms with E-state index in [9.17, 15) is 23.2 Å². The first-order valence-corrected chi connectivity index (χ1v) is 9.01. The van der Waals surface area contributed by atoms with Gasteiger partial charge in [-0.1, -0.05) is 18.2 Å². The van der Waals surface area contributed by atoms with Gasteiger partial charge in [-0.2, -0.15) is 23.7 Å². The molecule has 154 valence electrons. The van der Waals surface area contributed by atoms with Gasteiger partial charge in [0.1, 0.15) is 6.04 Å². The minimum absolute atomic E-state index is 0.0511. The fourth-order valence-corrected chi connectivity index (χ4v) is 3.61. The number of benzene rings is 2. The zero-order valence-corrected chi connectivity index (χ0v) is 16.0. The van der Waals surface area contributed by atoms with Crippen molar-refractivity contribution in [3.63, 3.8) is 0 Å². The number of aromatic nitrogens is 3. The Balaban J connectivity index is 1.94. The number of nitriles is 2. The lowest BCUT2D eigenvalue weighted by molar-refractivity contribution is -0.137. The van der Waals surface area contributed by atoms with Gasteiger partial charge in [0.25, 0.3) is 0 Å². The van der Waals surface area contributed by atoms with Gasteiger partial charge in [0, 0.05) is 11.4 Å². The van der Waals surface area contributed by atoms with E-state index in [1.54, 1.807) is 31.2 Å². The molecule has 0 saturated carbocycles. The van der Waals surface area contributed by atoms with Gasteiger partial charge in [-0.25, -0.2) is 14.5 Å². The summed E-state index contributed by atoms with van der Waals surface area (Å²) in [6, 6.07) is 14.2. The lowest BCUT2D eigenvalue weighted by atomic mass is 9.94. The Morgan fingerprint density at radius 3 is 2.42 bits per heavy atom. The number of aromatic amines is 1. The molecule has 1 aliphatic heterocycles. The molecule has 1 aliphatic rings. The summed E-state index contributed by atoms with van der Waals surface area (Å²) in [7, 11) is 0. The zero-order chi connectivity index (χ0) is 22.3. The Hall–Kier alpha value is -4.31. The molecule has 0 saturated heterocycles. The third-order valence-corrected chi connectivity index (χ3v) is 5.05. The van der Waals surface area contributed by atoms with Crippen molar-refractivity contribution in [2.75, 3.05) is 4.90 Å². The van der Waals surface area contributed by atoms with Gasteiger partial charge < -0.3 is 0 Å². The summed E-state index contributed by atoms with van der Waals surface area (Å²) in [4.78, 5) is 13.9. The Kier molecular flexibility index (Phi) is 4.63. The van der Waals surface area contributed by atoms with Gasteiger partial charge in [0.2, 0.25) is 5.95 Å². The highest BCUT2D eigenvalue weighted by atomic mass is 19.4. The molecule has 7 nitrogen and oxygen atoms in total. The van der Waals surface area contributed by atoms with Crippen LogP contribution in [0.25, 0.3) is 0 Å². The van der Waals surface area contributed by atoms with E-state index in [1.165, 1.54) is 21.6 Å². The van der Waals surface area contributed by atoms with Crippen LogP contribution in [0, 0.1) is 22.7 Å². The van der Waals surface area contributed by atoms with Crippen molar-refractivity contribution in [3.8, 4) is 12.1 Å². The van der Waals surface area contributed by atoms with Crippen molar-refractivity contribution < 1.29 is 13.2 Å². The summed E-state index contributed by atoms with van der Waals surface area (Å²) >= 11 is 0. The number of alkyl halides is 3. The second-order valence-electron chi connectivity index (χ2n) is 6.83. The predicted molar refractivity (Wildman–Crippen MR) is 104 cm³/mol. The SMILES string of the molecule is CC1=C(C#N)[C@@H](c2ccc(C#N)cc2)n2c(n[nH]c2=O)N1c1cccc(C(F)(F)F)c1. The van der Waals surface area contributed by atoms with E-state index in [-0.39, 0.29) is 17.2 Å². The Bertz CT molecular complexity index is 1340. The van der Waals surface area contributed by atoms with Crippen LogP contribution >= 0.6 is 0 Å². The molecule has 0 radical (unpaired) electrons. The van der Waals surface area contributed by atoms with Crippen molar-refractivity contribution in [2.24, 2.45) is 0 Å². The molecule has 0 amide bonds. The molecule has 2 heterocycles. The second kappa shape index (κ2) is 7.18. The average Bonchev–Trinajstić information content (AvgIpc) is 3.13. The van der Waals surface area contributed by atoms with Crippen LogP contribution in [0.2, 0.25) is 0 Å². The molecule has 0 aliphatic carbocycles. The monoisotopic (exact) mass is 422 g/mol. The van der Waals surface area contributed by atoms with Gasteiger partial charge in [-0.15, -0.1) is 5.10 Å². The zero-order valence-electron chi connectivity index (χ0n) is 16.0. The topological polar surface area (TPSA) is 101 Å². The number of fused-ring (bicyclic) bond motifs is 1. The fourth-order valence-electron chi connectivity index (χ4n) is 3.61. The van der Waals surface area contributed by atoms with Crippen LogP contribution in [-0.4, -0.2) is 14.8 Å². The highest BCUT2D eigenvalue weighted by Crippen LogP contribution is 2.42. The highest BCUT2D eigenvalue weighted by Gasteiger charge is 2.37. The molecule has 1 N–H and O–H groups in total. The van der Waals surface area contributed by atoms with Crippen molar-refractivity contribution in [1.82, 2.24) is 14.8 Å². The molecule has 0 unspecified atom stereocenters. The van der Waals surface area contributed by atoms with E-state index in [2.05, 4.69) is 16.3 Å². The number of H-pyrrole nitrogens is 1. The Morgan fingerprint density at radius 2 is 1.81 bits per heavy atom. The maximum Gasteiger partial charge on any atom is 0.416 e. The highest BCUT2D eigenvalue weighted by molar-refractivity contribution is 5.68. The summed E-state index contributed by atoms with van der Waals surface area (Å²) in [5.41, 5.74) is 0.0865. The number of rotatable bonds is 2. The van der Waals surface area contributed by atoms with E-state index in [1.807, 2.05) is 6.07 Å². The van der Waals surface area contributed by atoms with E-state index in [0.717, 1.165) is 12.1 Å². The maximum atomic E-state index is 13.2. The van der Waals surface area contributed by atoms with E-state index < -0.39 is 23.5 Å². The van der Waals surface area contributed by atoms with Gasteiger partial charge >= 0.3 is 11.9 Å². The van der Waals surface area contributed by atoms with Gasteiger partial charge in [-0.05, 0) is 42.8 Å². The first-order chi connectivity index (χ1) is 14.8. The van der Waals surface area contributed by atoms with Crippen molar-refractivity contribution in [1.29, 1.82) is 10.5 Å².